The van der Waals surface area contributed by atoms with Crippen LogP contribution in [0.15, 0.2) is 84.9 Å². The first-order valence-electron chi connectivity index (χ1n) is 11.7. The third-order valence-corrected chi connectivity index (χ3v) is 5.57. The molecular weight excluding hydrogens is 442 g/mol. The van der Waals surface area contributed by atoms with E-state index in [0.717, 1.165) is 16.7 Å². The maximum Gasteiger partial charge on any atom is 0.328 e. The van der Waals surface area contributed by atoms with E-state index in [0.29, 0.717) is 5.56 Å². The number of aliphatic carboxylic acids is 1. The van der Waals surface area contributed by atoms with Gasteiger partial charge in [0.1, 0.15) is 6.04 Å². The van der Waals surface area contributed by atoms with Gasteiger partial charge in [0, 0.05) is 17.9 Å². The lowest BCUT2D eigenvalue weighted by atomic mass is 9.85. The molecule has 0 bridgehead atoms. The van der Waals surface area contributed by atoms with E-state index in [2.05, 4.69) is 29.6 Å². The molecule has 0 radical (unpaired) electrons. The lowest BCUT2D eigenvalue weighted by Gasteiger charge is -2.20. The molecule has 0 aliphatic heterocycles. The van der Waals surface area contributed by atoms with E-state index in [1.807, 2.05) is 62.4 Å². The molecule has 0 fully saturated rings. The normalized spacial score (nSPS) is 11.8. The molecule has 182 valence electrons. The molecule has 6 heteroatoms. The molecule has 2 N–H and O–H groups in total. The van der Waals surface area contributed by atoms with Gasteiger partial charge in [-0.05, 0) is 41.2 Å². The summed E-state index contributed by atoms with van der Waals surface area (Å²) in [4.78, 5) is 36.4. The first-order chi connectivity index (χ1) is 16.8. The van der Waals surface area contributed by atoms with Gasteiger partial charge in [0.2, 0.25) is 0 Å². The van der Waals surface area contributed by atoms with Crippen LogP contribution in [0.1, 0.15) is 59.7 Å². The Morgan fingerprint density at radius 1 is 0.800 bits per heavy atom. The van der Waals surface area contributed by atoms with Crippen molar-refractivity contribution in [2.75, 3.05) is 6.61 Å². The van der Waals surface area contributed by atoms with Crippen LogP contribution in [0.2, 0.25) is 0 Å². The summed E-state index contributed by atoms with van der Waals surface area (Å²) in [5.74, 6) is -1.99. The number of nitrogens with one attached hydrogen (secondary N) is 1. The topological polar surface area (TPSA) is 92.7 Å². The van der Waals surface area contributed by atoms with Gasteiger partial charge in [0.05, 0.1) is 6.61 Å². The molecule has 3 aromatic rings. The molecule has 3 rings (SSSR count). The van der Waals surface area contributed by atoms with Crippen LogP contribution in [-0.4, -0.2) is 35.6 Å². The highest BCUT2D eigenvalue weighted by molar-refractivity contribution is 5.97. The number of carbonyl (C=O) groups is 3. The molecule has 0 aliphatic rings. The summed E-state index contributed by atoms with van der Waals surface area (Å²) < 4.78 is 5.24. The Morgan fingerprint density at radius 2 is 1.31 bits per heavy atom. The molecule has 1 amide bonds. The van der Waals surface area contributed by atoms with Gasteiger partial charge in [-0.25, -0.2) is 4.79 Å². The molecule has 1 atom stereocenters. The first-order valence-corrected chi connectivity index (χ1v) is 11.7. The van der Waals surface area contributed by atoms with Crippen molar-refractivity contribution in [2.24, 2.45) is 5.92 Å². The van der Waals surface area contributed by atoms with Crippen LogP contribution in [-0.2, 0) is 14.3 Å². The van der Waals surface area contributed by atoms with Crippen LogP contribution in [0.3, 0.4) is 0 Å². The van der Waals surface area contributed by atoms with Crippen LogP contribution in [0.4, 0.5) is 0 Å². The largest absolute Gasteiger partial charge is 0.481 e. The summed E-state index contributed by atoms with van der Waals surface area (Å²) in [7, 11) is 0. The maximum atomic E-state index is 12.9. The molecule has 0 saturated carbocycles. The summed E-state index contributed by atoms with van der Waals surface area (Å²) in [6, 6.07) is 26.5. The Kier molecular flexibility index (Phi) is 9.18. The van der Waals surface area contributed by atoms with E-state index in [-0.39, 0.29) is 31.3 Å². The Hall–Kier alpha value is -3.93. The second-order valence-electron chi connectivity index (χ2n) is 8.86. The Balaban J connectivity index is 1.79. The van der Waals surface area contributed by atoms with E-state index < -0.39 is 23.9 Å². The summed E-state index contributed by atoms with van der Waals surface area (Å²) in [5, 5.41) is 11.7. The van der Waals surface area contributed by atoms with Gasteiger partial charge < -0.3 is 15.2 Å². The predicted octanol–water partition coefficient (Wildman–Crippen LogP) is 5.03. The quantitative estimate of drug-likeness (QED) is 0.301. The molecule has 0 aromatic heterocycles. The van der Waals surface area contributed by atoms with Crippen molar-refractivity contribution < 1.29 is 24.2 Å². The van der Waals surface area contributed by atoms with Crippen molar-refractivity contribution in [1.82, 2.24) is 5.32 Å². The van der Waals surface area contributed by atoms with Gasteiger partial charge in [-0.15, -0.1) is 0 Å². The maximum absolute atomic E-state index is 12.9. The highest BCUT2D eigenvalue weighted by Crippen LogP contribution is 2.31. The summed E-state index contributed by atoms with van der Waals surface area (Å²) in [6.07, 6.45) is -0.295. The smallest absolute Gasteiger partial charge is 0.328 e. The van der Waals surface area contributed by atoms with Crippen LogP contribution < -0.4 is 5.32 Å². The van der Waals surface area contributed by atoms with Crippen molar-refractivity contribution in [1.29, 1.82) is 0 Å². The molecule has 0 aliphatic carbocycles. The second kappa shape index (κ2) is 12.5. The van der Waals surface area contributed by atoms with Crippen LogP contribution in [0.5, 0.6) is 0 Å². The number of hydrogen-bond donors (Lipinski definition) is 2. The van der Waals surface area contributed by atoms with E-state index in [1.54, 1.807) is 12.1 Å². The van der Waals surface area contributed by atoms with Gasteiger partial charge >= 0.3 is 11.9 Å². The van der Waals surface area contributed by atoms with E-state index >= 15 is 0 Å². The Bertz CT molecular complexity index is 1070. The fourth-order valence-electron chi connectivity index (χ4n) is 3.80. The molecule has 3 aromatic carbocycles. The van der Waals surface area contributed by atoms with Crippen molar-refractivity contribution in [3.8, 4) is 0 Å². The number of ether oxygens (including phenoxy) is 1. The first kappa shape index (κ1) is 25.7. The van der Waals surface area contributed by atoms with Crippen molar-refractivity contribution in [3.05, 3.63) is 107 Å². The zero-order valence-electron chi connectivity index (χ0n) is 20.0. The molecule has 0 unspecified atom stereocenters. The second-order valence-corrected chi connectivity index (χ2v) is 8.86. The highest BCUT2D eigenvalue weighted by atomic mass is 16.5. The lowest BCUT2D eigenvalue weighted by Crippen LogP contribution is -2.42. The Labute approximate surface area is 206 Å². The molecule has 6 nitrogen and oxygen atoms in total. The highest BCUT2D eigenvalue weighted by Gasteiger charge is 2.24. The standard InChI is InChI=1S/C29H31NO5/c1-20(2)19-35-29(34)25(17-18-26(31)32)30-28(33)24-15-13-23(14-16-24)27(21-9-5-3-6-10-21)22-11-7-4-8-12-22/h3-16,20,25,27H,17-19H2,1-2H3,(H,30,33)(H,31,32)/t25-/m0/s1. The molecule has 0 saturated heterocycles. The van der Waals surface area contributed by atoms with Crippen molar-refractivity contribution in [3.63, 3.8) is 0 Å². The van der Waals surface area contributed by atoms with Crippen LogP contribution >= 0.6 is 0 Å². The van der Waals surface area contributed by atoms with E-state index in [4.69, 9.17) is 9.84 Å². The average molecular weight is 474 g/mol. The van der Waals surface area contributed by atoms with E-state index in [9.17, 15) is 14.4 Å². The van der Waals surface area contributed by atoms with Crippen molar-refractivity contribution in [2.45, 2.75) is 38.6 Å². The molecular formula is C29H31NO5. The van der Waals surface area contributed by atoms with Crippen molar-refractivity contribution >= 4 is 17.8 Å². The van der Waals surface area contributed by atoms with Gasteiger partial charge in [-0.2, -0.15) is 0 Å². The predicted molar refractivity (Wildman–Crippen MR) is 134 cm³/mol. The number of carbonyl (C=O) groups excluding carboxylic acids is 2. The van der Waals surface area contributed by atoms with Gasteiger partial charge in [0.15, 0.2) is 0 Å². The summed E-state index contributed by atoms with van der Waals surface area (Å²) >= 11 is 0. The zero-order chi connectivity index (χ0) is 25.2. The number of benzene rings is 3. The fourth-order valence-corrected chi connectivity index (χ4v) is 3.80. The van der Waals surface area contributed by atoms with Gasteiger partial charge in [-0.3, -0.25) is 9.59 Å². The number of esters is 1. The third kappa shape index (κ3) is 7.54. The minimum Gasteiger partial charge on any atom is -0.481 e. The molecule has 35 heavy (non-hydrogen) atoms. The minimum absolute atomic E-state index is 0.00355. The average Bonchev–Trinajstić information content (AvgIpc) is 2.86. The van der Waals surface area contributed by atoms with Crippen LogP contribution in [0, 0.1) is 5.92 Å². The monoisotopic (exact) mass is 473 g/mol. The minimum atomic E-state index is -1.04. The SMILES string of the molecule is CC(C)COC(=O)[C@H](CCC(=O)O)NC(=O)c1ccc(C(c2ccccc2)c2ccccc2)cc1. The number of hydrogen-bond acceptors (Lipinski definition) is 4. The van der Waals surface area contributed by atoms with Gasteiger partial charge in [-0.1, -0.05) is 86.6 Å². The number of rotatable bonds is 11. The van der Waals surface area contributed by atoms with E-state index in [1.165, 1.54) is 0 Å². The van der Waals surface area contributed by atoms with Crippen LogP contribution in [0.25, 0.3) is 0 Å². The fraction of sp³-hybridized carbons (Fsp3) is 0.276. The number of amides is 1. The number of carboxylic acids is 1. The molecule has 0 heterocycles. The summed E-state index contributed by atoms with van der Waals surface area (Å²) in [5.41, 5.74) is 3.68. The van der Waals surface area contributed by atoms with Gasteiger partial charge in [0.25, 0.3) is 5.91 Å². The lowest BCUT2D eigenvalue weighted by molar-refractivity contribution is -0.147. The number of carboxylic acid groups (broad SMARTS) is 1. The molecule has 0 spiro atoms. The Morgan fingerprint density at radius 3 is 1.80 bits per heavy atom. The zero-order valence-corrected chi connectivity index (χ0v) is 20.0. The third-order valence-electron chi connectivity index (χ3n) is 5.57. The summed E-state index contributed by atoms with van der Waals surface area (Å²) in [6.45, 7) is 4.00.